The monoisotopic (exact) mass is 656 g/mol. The molecule has 0 aromatic heterocycles. The van der Waals surface area contributed by atoms with Gasteiger partial charge in [0.1, 0.15) is 0 Å². The largest absolute Gasteiger partial charge is 0.446 e. The number of nitro groups is 1. The molecule has 13 nitrogen and oxygen atoms in total. The van der Waals surface area contributed by atoms with E-state index in [2.05, 4.69) is 5.32 Å². The Morgan fingerprint density at radius 1 is 0.682 bits per heavy atom. The summed E-state index contributed by atoms with van der Waals surface area (Å²) in [6.07, 6.45) is 0. The van der Waals surface area contributed by atoms with Gasteiger partial charge in [0.2, 0.25) is 0 Å². The first kappa shape index (κ1) is 35.4. The second kappa shape index (κ2) is 13.9. The fraction of sp³-hybridized carbons (Fsp3) is 0. The average molecular weight is 657 g/mol. The molecule has 0 bridgehead atoms. The Kier molecular flexibility index (Phi) is 11.2. The van der Waals surface area contributed by atoms with Crippen molar-refractivity contribution in [2.45, 2.75) is 0 Å². The van der Waals surface area contributed by atoms with E-state index in [4.69, 9.17) is 8.37 Å². The number of carbonyl (C=O) groups is 1. The molecule has 0 unspecified atom stereocenters. The number of hydrogen-bond donors (Lipinski definition) is 3. The second-order valence-electron chi connectivity index (χ2n) is 8.79. The molecule has 0 aliphatic heterocycles. The normalized spacial score (nSPS) is 11.2. The van der Waals surface area contributed by atoms with Gasteiger partial charge in [-0.25, -0.2) is 0 Å². The van der Waals surface area contributed by atoms with Crippen LogP contribution < -0.4 is 13.7 Å². The summed E-state index contributed by atoms with van der Waals surface area (Å²) in [4.78, 5) is 23.6. The van der Waals surface area contributed by atoms with Crippen molar-refractivity contribution in [3.63, 3.8) is 0 Å². The summed E-state index contributed by atoms with van der Waals surface area (Å²) >= 11 is 0. The van der Waals surface area contributed by atoms with Gasteiger partial charge in [-0.05, 0) is 41.5 Å². The second-order valence-corrected chi connectivity index (χ2v) is 10.8. The Bertz CT molecular complexity index is 2110. The number of hydrogen-bond acceptors (Lipinski definition) is 9. The number of anilines is 1. The van der Waals surface area contributed by atoms with Gasteiger partial charge in [0.15, 0.2) is 11.5 Å². The fourth-order valence-electron chi connectivity index (χ4n) is 4.42. The van der Waals surface area contributed by atoms with Crippen molar-refractivity contribution in [3.8, 4) is 22.6 Å². The molecule has 5 aromatic rings. The van der Waals surface area contributed by atoms with Gasteiger partial charge in [0.05, 0.1) is 16.0 Å². The molecule has 0 heterocycles. The van der Waals surface area contributed by atoms with E-state index in [1.165, 1.54) is 66.7 Å². The molecule has 0 fully saturated rings. The zero-order chi connectivity index (χ0) is 30.2. The van der Waals surface area contributed by atoms with Crippen LogP contribution in [0.5, 0.6) is 11.5 Å². The number of amides is 1. The number of carbonyl (C=O) groups excluding carboxylic acids is 1. The first-order chi connectivity index (χ1) is 19.8. The molecule has 0 saturated carbocycles. The van der Waals surface area contributed by atoms with Crippen LogP contribution >= 0.6 is 0 Å². The molecular weight excluding hydrogens is 638 g/mol. The van der Waals surface area contributed by atoms with E-state index in [0.717, 1.165) is 0 Å². The van der Waals surface area contributed by atoms with Crippen molar-refractivity contribution >= 4 is 119 Å². The summed E-state index contributed by atoms with van der Waals surface area (Å²) in [6.45, 7) is 0. The van der Waals surface area contributed by atoms with Crippen LogP contribution in [0.4, 0.5) is 11.4 Å². The number of nitrogens with one attached hydrogen (secondary N) is 1. The van der Waals surface area contributed by atoms with Crippen LogP contribution in [0, 0.1) is 10.1 Å². The van der Waals surface area contributed by atoms with Gasteiger partial charge in [-0.3, -0.25) is 24.0 Å². The van der Waals surface area contributed by atoms with E-state index in [1.807, 2.05) is 0 Å². The number of nitrogens with zero attached hydrogens (tertiary/aromatic N) is 1. The number of non-ortho nitro benzene ring substituents is 1. The molecule has 0 aliphatic carbocycles. The molecule has 44 heavy (non-hydrogen) atoms. The maximum absolute atomic E-state index is 13.2. The molecule has 17 heteroatoms. The minimum absolute atomic E-state index is 0. The molecule has 0 saturated heterocycles. The summed E-state index contributed by atoms with van der Waals surface area (Å²) < 4.78 is 75.7. The Hall–Kier alpha value is -3.09. The van der Waals surface area contributed by atoms with Crippen LogP contribution in [-0.4, -0.2) is 95.9 Å². The Morgan fingerprint density at radius 2 is 1.16 bits per heavy atom. The topological polar surface area (TPSA) is 199 Å². The summed E-state index contributed by atoms with van der Waals surface area (Å²) in [5.41, 5.74) is 1.41. The van der Waals surface area contributed by atoms with Crippen molar-refractivity contribution in [2.75, 3.05) is 5.32 Å². The van der Waals surface area contributed by atoms with Crippen LogP contribution in [0.25, 0.3) is 32.7 Å². The predicted molar refractivity (Wildman–Crippen MR) is 164 cm³/mol. The molecule has 1 amide bonds. The van der Waals surface area contributed by atoms with Gasteiger partial charge in [-0.15, -0.1) is 0 Å². The Morgan fingerprint density at radius 3 is 1.68 bits per heavy atom. The van der Waals surface area contributed by atoms with E-state index in [-0.39, 0.29) is 103 Å². The average Bonchev–Trinajstić information content (AvgIpc) is 2.93. The molecule has 5 rings (SSSR count). The number of rotatable bonds is 8. The molecule has 0 aliphatic rings. The van der Waals surface area contributed by atoms with Crippen molar-refractivity contribution in [1.82, 2.24) is 0 Å². The van der Waals surface area contributed by atoms with Crippen molar-refractivity contribution in [2.24, 2.45) is 0 Å². The van der Waals surface area contributed by atoms with Gasteiger partial charge in [0.25, 0.3) is 11.6 Å². The van der Waals surface area contributed by atoms with Gasteiger partial charge in [0, 0.05) is 93.0 Å². The third-order valence-electron chi connectivity index (χ3n) is 6.14. The number of fused-ring (bicyclic) bond motifs is 2. The molecule has 3 N–H and O–H groups in total. The quantitative estimate of drug-likeness (QED) is 0.0702. The van der Waals surface area contributed by atoms with Crippen LogP contribution in [0.1, 0.15) is 10.4 Å². The van der Waals surface area contributed by atoms with Crippen molar-refractivity contribution in [3.05, 3.63) is 107 Å². The van der Waals surface area contributed by atoms with Gasteiger partial charge in [-0.2, -0.15) is 16.8 Å². The standard InChI is InChI=1S/C27H18N2O11S2.2Na/c30-27(18-10-8-16(9-11-18)17-12-14-19(15-13-17)29(31)32)28-23-7-3-6-22-24(23)26(40-42(36,37)38)21-5-2-1-4-20(21)25(22)39-41(33,34)35;;/h1-15H,(H,28,30)(H,33,34,35)(H,36,37,38);;. The zero-order valence-corrected chi connectivity index (χ0v) is 28.6. The molecule has 216 valence electrons. The van der Waals surface area contributed by atoms with Crippen LogP contribution in [0.3, 0.4) is 0 Å². The van der Waals surface area contributed by atoms with E-state index < -0.39 is 37.4 Å². The van der Waals surface area contributed by atoms with Crippen molar-refractivity contribution in [1.29, 1.82) is 0 Å². The molecule has 5 aromatic carbocycles. The summed E-state index contributed by atoms with van der Waals surface area (Å²) in [5.74, 6) is -1.47. The molecule has 0 spiro atoms. The SMILES string of the molecule is O=C(Nc1cccc2c(OS(=O)(=O)O)c3ccccc3c(OS(=O)(=O)O)c12)c1ccc(-c2ccc([N+](=O)[O-])cc2)cc1.[Na].[Na]. The smallest absolute Gasteiger partial charge is 0.360 e. The third-order valence-corrected chi connectivity index (χ3v) is 6.89. The van der Waals surface area contributed by atoms with Crippen LogP contribution in [-0.2, 0) is 20.8 Å². The van der Waals surface area contributed by atoms with E-state index >= 15 is 0 Å². The summed E-state index contributed by atoms with van der Waals surface area (Å²) in [5, 5.41) is 13.3. The number of nitro benzene ring substituents is 1. The predicted octanol–water partition coefficient (Wildman–Crippen LogP) is 4.42. The fourth-order valence-corrected chi connectivity index (χ4v) is 5.19. The Labute approximate surface area is 294 Å². The van der Waals surface area contributed by atoms with Gasteiger partial charge < -0.3 is 13.7 Å². The number of benzene rings is 5. The molecule has 2 radical (unpaired) electrons. The minimum atomic E-state index is -5.10. The van der Waals surface area contributed by atoms with E-state index in [0.29, 0.717) is 11.1 Å². The first-order valence-electron chi connectivity index (χ1n) is 11.8. The third kappa shape index (κ3) is 7.94. The van der Waals surface area contributed by atoms with Crippen molar-refractivity contribution < 1.29 is 44.0 Å². The maximum atomic E-state index is 13.2. The van der Waals surface area contributed by atoms with Gasteiger partial charge >= 0.3 is 20.8 Å². The van der Waals surface area contributed by atoms with Crippen LogP contribution in [0.2, 0.25) is 0 Å². The minimum Gasteiger partial charge on any atom is -0.360 e. The van der Waals surface area contributed by atoms with E-state index in [9.17, 15) is 40.8 Å². The maximum Gasteiger partial charge on any atom is 0.446 e. The summed E-state index contributed by atoms with van der Waals surface area (Å²) in [6, 6.07) is 21.9. The Balaban J connectivity index is 0.00000264. The van der Waals surface area contributed by atoms with Gasteiger partial charge in [-0.1, -0.05) is 48.5 Å². The molecular formula is C27H18N2Na2O11S2. The van der Waals surface area contributed by atoms with Crippen LogP contribution in [0.15, 0.2) is 91.0 Å². The molecule has 0 atom stereocenters. The zero-order valence-electron chi connectivity index (χ0n) is 23.0. The summed E-state index contributed by atoms with van der Waals surface area (Å²) in [7, 11) is -10.2. The first-order valence-corrected chi connectivity index (χ1v) is 14.5. The van der Waals surface area contributed by atoms with E-state index in [1.54, 1.807) is 24.3 Å².